The second-order valence-corrected chi connectivity index (χ2v) is 4.58. The Kier molecular flexibility index (Phi) is 5.08. The van der Waals surface area contributed by atoms with E-state index in [9.17, 15) is 8.78 Å². The Balaban J connectivity index is 2.80. The molecule has 0 aromatic carbocycles. The van der Waals surface area contributed by atoms with E-state index in [1.807, 2.05) is 14.0 Å². The van der Waals surface area contributed by atoms with Gasteiger partial charge in [-0.15, -0.1) is 11.3 Å². The Bertz CT molecular complexity index is 328. The van der Waals surface area contributed by atoms with Crippen LogP contribution in [-0.2, 0) is 13.0 Å². The molecule has 1 aromatic rings. The van der Waals surface area contributed by atoms with Gasteiger partial charge in [0.15, 0.2) is 5.13 Å². The monoisotopic (exact) mass is 249 g/mol. The van der Waals surface area contributed by atoms with Crippen molar-refractivity contribution in [3.05, 3.63) is 10.6 Å². The summed E-state index contributed by atoms with van der Waals surface area (Å²) in [4.78, 5) is 7.01. The van der Waals surface area contributed by atoms with Crippen molar-refractivity contribution >= 4 is 16.5 Å². The highest BCUT2D eigenvalue weighted by atomic mass is 32.1. The standard InChI is InChI=1S/C10H17F2N3S/c1-4-7-8(5-13-2)16-10(14-7)15(3)6-9(11)12/h9,13H,4-6H2,1-3H3. The molecule has 0 atom stereocenters. The van der Waals surface area contributed by atoms with Gasteiger partial charge in [-0.25, -0.2) is 13.8 Å². The summed E-state index contributed by atoms with van der Waals surface area (Å²) < 4.78 is 24.5. The van der Waals surface area contributed by atoms with Crippen LogP contribution < -0.4 is 10.2 Å². The molecule has 0 saturated carbocycles. The third kappa shape index (κ3) is 3.38. The number of anilines is 1. The van der Waals surface area contributed by atoms with E-state index in [0.29, 0.717) is 5.13 Å². The second-order valence-electron chi connectivity index (χ2n) is 3.52. The number of hydrogen-bond donors (Lipinski definition) is 1. The topological polar surface area (TPSA) is 28.2 Å². The molecule has 0 aliphatic heterocycles. The van der Waals surface area contributed by atoms with E-state index in [1.165, 1.54) is 16.2 Å². The van der Waals surface area contributed by atoms with Crippen LogP contribution in [0.25, 0.3) is 0 Å². The maximum absolute atomic E-state index is 12.2. The second kappa shape index (κ2) is 6.10. The zero-order valence-corrected chi connectivity index (χ0v) is 10.6. The molecule has 0 fully saturated rings. The summed E-state index contributed by atoms with van der Waals surface area (Å²) in [6.07, 6.45) is -1.50. The Morgan fingerprint density at radius 2 is 2.19 bits per heavy atom. The molecule has 0 unspecified atom stereocenters. The first-order valence-electron chi connectivity index (χ1n) is 5.20. The Hall–Kier alpha value is -0.750. The average Bonchev–Trinajstić information content (AvgIpc) is 2.61. The fourth-order valence-electron chi connectivity index (χ4n) is 1.39. The number of nitrogens with zero attached hydrogens (tertiary/aromatic N) is 2. The lowest BCUT2D eigenvalue weighted by Gasteiger charge is -2.14. The largest absolute Gasteiger partial charge is 0.345 e. The van der Waals surface area contributed by atoms with E-state index in [1.54, 1.807) is 7.05 Å². The third-order valence-electron chi connectivity index (χ3n) is 2.18. The molecule has 1 rings (SSSR count). The highest BCUT2D eigenvalue weighted by molar-refractivity contribution is 7.15. The molecular weight excluding hydrogens is 232 g/mol. The first kappa shape index (κ1) is 13.3. The molecule has 1 heterocycles. The van der Waals surface area contributed by atoms with Gasteiger partial charge < -0.3 is 10.2 Å². The summed E-state index contributed by atoms with van der Waals surface area (Å²) >= 11 is 1.48. The molecular formula is C10H17F2N3S. The van der Waals surface area contributed by atoms with E-state index >= 15 is 0 Å². The van der Waals surface area contributed by atoms with Crippen LogP contribution in [0.1, 0.15) is 17.5 Å². The molecule has 92 valence electrons. The van der Waals surface area contributed by atoms with Crippen molar-refractivity contribution in [2.45, 2.75) is 26.3 Å². The molecule has 0 saturated heterocycles. The van der Waals surface area contributed by atoms with Crippen molar-refractivity contribution < 1.29 is 8.78 Å². The minimum absolute atomic E-state index is 0.268. The van der Waals surface area contributed by atoms with Crippen molar-refractivity contribution in [1.29, 1.82) is 0 Å². The van der Waals surface area contributed by atoms with Gasteiger partial charge in [-0.1, -0.05) is 6.92 Å². The number of nitrogens with one attached hydrogen (secondary N) is 1. The van der Waals surface area contributed by atoms with Crippen molar-refractivity contribution in [3.63, 3.8) is 0 Å². The summed E-state index contributed by atoms with van der Waals surface area (Å²) in [5.41, 5.74) is 0.996. The van der Waals surface area contributed by atoms with Crippen LogP contribution in [0.3, 0.4) is 0 Å². The summed E-state index contributed by atoms with van der Waals surface area (Å²) in [5.74, 6) is 0. The van der Waals surface area contributed by atoms with Gasteiger partial charge in [0.05, 0.1) is 12.2 Å². The number of thiazole rings is 1. The summed E-state index contributed by atoms with van der Waals surface area (Å²) in [6, 6.07) is 0. The van der Waals surface area contributed by atoms with Crippen LogP contribution in [0.2, 0.25) is 0 Å². The Labute approximate surface area is 98.5 Å². The number of aryl methyl sites for hydroxylation is 1. The fraction of sp³-hybridized carbons (Fsp3) is 0.700. The number of halogens is 2. The van der Waals surface area contributed by atoms with E-state index in [-0.39, 0.29) is 6.54 Å². The van der Waals surface area contributed by atoms with Crippen LogP contribution in [-0.4, -0.2) is 32.0 Å². The molecule has 1 N–H and O–H groups in total. The van der Waals surface area contributed by atoms with Crippen molar-refractivity contribution in [2.24, 2.45) is 0 Å². The number of hydrogen-bond acceptors (Lipinski definition) is 4. The van der Waals surface area contributed by atoms with Crippen LogP contribution in [0.4, 0.5) is 13.9 Å². The van der Waals surface area contributed by atoms with E-state index in [2.05, 4.69) is 10.3 Å². The lowest BCUT2D eigenvalue weighted by atomic mass is 10.3. The highest BCUT2D eigenvalue weighted by Gasteiger charge is 2.15. The highest BCUT2D eigenvalue weighted by Crippen LogP contribution is 2.26. The fourth-order valence-corrected chi connectivity index (χ4v) is 2.52. The molecule has 0 spiro atoms. The van der Waals surface area contributed by atoms with Gasteiger partial charge in [0.25, 0.3) is 6.43 Å². The molecule has 1 aromatic heterocycles. The van der Waals surface area contributed by atoms with Crippen LogP contribution in [0, 0.1) is 0 Å². The Morgan fingerprint density at radius 1 is 1.50 bits per heavy atom. The van der Waals surface area contributed by atoms with Crippen LogP contribution in [0.15, 0.2) is 0 Å². The summed E-state index contributed by atoms with van der Waals surface area (Å²) in [6.45, 7) is 2.49. The van der Waals surface area contributed by atoms with Gasteiger partial charge in [0, 0.05) is 18.5 Å². The van der Waals surface area contributed by atoms with E-state index in [4.69, 9.17) is 0 Å². The minimum atomic E-state index is -2.33. The lowest BCUT2D eigenvalue weighted by Crippen LogP contribution is -2.23. The zero-order valence-electron chi connectivity index (χ0n) is 9.76. The lowest BCUT2D eigenvalue weighted by molar-refractivity contribution is 0.156. The zero-order chi connectivity index (χ0) is 12.1. The SMILES string of the molecule is CCc1nc(N(C)CC(F)F)sc1CNC. The molecule has 0 aliphatic rings. The van der Waals surface area contributed by atoms with E-state index < -0.39 is 6.43 Å². The third-order valence-corrected chi connectivity index (χ3v) is 3.39. The summed E-state index contributed by atoms with van der Waals surface area (Å²) in [7, 11) is 3.51. The van der Waals surface area contributed by atoms with Gasteiger partial charge in [-0.2, -0.15) is 0 Å². The smallest absolute Gasteiger partial charge is 0.255 e. The Morgan fingerprint density at radius 3 is 2.69 bits per heavy atom. The number of rotatable bonds is 6. The molecule has 0 bridgehead atoms. The van der Waals surface area contributed by atoms with Gasteiger partial charge in [0.1, 0.15) is 0 Å². The molecule has 0 amide bonds. The van der Waals surface area contributed by atoms with Gasteiger partial charge in [0.2, 0.25) is 0 Å². The number of aromatic nitrogens is 1. The van der Waals surface area contributed by atoms with Crippen molar-refractivity contribution in [2.75, 3.05) is 25.5 Å². The molecule has 0 radical (unpaired) electrons. The van der Waals surface area contributed by atoms with Crippen LogP contribution in [0.5, 0.6) is 0 Å². The number of alkyl halides is 2. The first-order chi connectivity index (χ1) is 7.58. The van der Waals surface area contributed by atoms with Gasteiger partial charge in [-0.05, 0) is 13.5 Å². The van der Waals surface area contributed by atoms with Gasteiger partial charge in [-0.3, -0.25) is 0 Å². The predicted molar refractivity (Wildman–Crippen MR) is 63.5 cm³/mol. The summed E-state index contributed by atoms with van der Waals surface area (Å²) in [5, 5.41) is 3.72. The molecule has 16 heavy (non-hydrogen) atoms. The first-order valence-corrected chi connectivity index (χ1v) is 6.02. The quantitative estimate of drug-likeness (QED) is 0.837. The minimum Gasteiger partial charge on any atom is -0.345 e. The molecule has 6 heteroatoms. The molecule has 3 nitrogen and oxygen atoms in total. The van der Waals surface area contributed by atoms with Crippen LogP contribution >= 0.6 is 11.3 Å². The van der Waals surface area contributed by atoms with E-state index in [0.717, 1.165) is 23.5 Å². The average molecular weight is 249 g/mol. The maximum atomic E-state index is 12.2. The maximum Gasteiger partial charge on any atom is 0.255 e. The van der Waals surface area contributed by atoms with Gasteiger partial charge >= 0.3 is 0 Å². The van der Waals surface area contributed by atoms with Crippen molar-refractivity contribution in [1.82, 2.24) is 10.3 Å². The molecule has 0 aliphatic carbocycles. The predicted octanol–water partition coefficient (Wildman–Crippen LogP) is 2.13. The van der Waals surface area contributed by atoms with Crippen molar-refractivity contribution in [3.8, 4) is 0 Å². The normalized spacial score (nSPS) is 11.1.